The van der Waals surface area contributed by atoms with Crippen LogP contribution in [0.15, 0.2) is 24.3 Å². The van der Waals surface area contributed by atoms with Crippen LogP contribution in [0.3, 0.4) is 0 Å². The minimum absolute atomic E-state index is 0.0712. The number of para-hydroxylation sites is 1. The molecular formula is C11H12O3Se. The van der Waals surface area contributed by atoms with Crippen LogP contribution >= 0.6 is 0 Å². The van der Waals surface area contributed by atoms with E-state index < -0.39 is 5.97 Å². The summed E-state index contributed by atoms with van der Waals surface area (Å²) in [5.74, 6) is -0.0374. The summed E-state index contributed by atoms with van der Waals surface area (Å²) < 4.78 is 5.03. The first-order valence-corrected chi connectivity index (χ1v) is 6.66. The molecule has 1 aromatic rings. The van der Waals surface area contributed by atoms with E-state index in [1.54, 1.807) is 24.3 Å². The summed E-state index contributed by atoms with van der Waals surface area (Å²) in [5, 5.41) is 0.847. The fourth-order valence-corrected chi connectivity index (χ4v) is 2.32. The molecule has 15 heavy (non-hydrogen) atoms. The second-order valence-corrected chi connectivity index (χ2v) is 5.41. The third kappa shape index (κ3) is 3.50. The zero-order valence-corrected chi connectivity index (χ0v) is 10.4. The number of esters is 1. The number of rotatable bonds is 4. The molecule has 0 saturated heterocycles. The quantitative estimate of drug-likeness (QED) is 0.477. The molecule has 3 nitrogen and oxygen atoms in total. The predicted octanol–water partition coefficient (Wildman–Crippen LogP) is 1.89. The van der Waals surface area contributed by atoms with Crippen molar-refractivity contribution in [3.8, 4) is 5.75 Å². The van der Waals surface area contributed by atoms with Crippen molar-refractivity contribution in [1.82, 2.24) is 0 Å². The van der Waals surface area contributed by atoms with Gasteiger partial charge in [0.1, 0.15) is 0 Å². The number of hydrogen-bond donors (Lipinski definition) is 0. The van der Waals surface area contributed by atoms with Crippen molar-refractivity contribution in [3.63, 3.8) is 0 Å². The van der Waals surface area contributed by atoms with Crippen molar-refractivity contribution in [3.05, 3.63) is 29.8 Å². The summed E-state index contributed by atoms with van der Waals surface area (Å²) in [6.07, 6.45) is 0. The number of hydrogen-bond acceptors (Lipinski definition) is 3. The molecule has 0 amide bonds. The molecule has 80 valence electrons. The fourth-order valence-electron chi connectivity index (χ4n) is 1.09. The van der Waals surface area contributed by atoms with Gasteiger partial charge in [0.05, 0.1) is 0 Å². The fraction of sp³-hybridized carbons (Fsp3) is 0.273. The van der Waals surface area contributed by atoms with Crippen molar-refractivity contribution >= 4 is 25.6 Å². The first-order valence-electron chi connectivity index (χ1n) is 4.59. The summed E-state index contributed by atoms with van der Waals surface area (Å²) in [6, 6.07) is 6.85. The molecule has 0 aliphatic carbocycles. The Labute approximate surface area is 95.0 Å². The summed E-state index contributed by atoms with van der Waals surface area (Å²) in [5.41, 5.74) is 0.509. The molecule has 0 heterocycles. The number of ether oxygens (including phenoxy) is 1. The van der Waals surface area contributed by atoms with Crippen LogP contribution in [0.5, 0.6) is 5.75 Å². The van der Waals surface area contributed by atoms with Crippen molar-refractivity contribution in [2.24, 2.45) is 0 Å². The van der Waals surface area contributed by atoms with Gasteiger partial charge in [0.2, 0.25) is 0 Å². The van der Waals surface area contributed by atoms with Crippen LogP contribution in [-0.4, -0.2) is 25.6 Å². The molecule has 0 unspecified atom stereocenters. The molecule has 0 saturated carbocycles. The number of carbonyl (C=O) groups excluding carboxylic acids is 2. The van der Waals surface area contributed by atoms with E-state index in [-0.39, 0.29) is 19.6 Å². The molecule has 0 bridgehead atoms. The zero-order valence-electron chi connectivity index (χ0n) is 8.65. The van der Waals surface area contributed by atoms with Gasteiger partial charge in [-0.15, -0.1) is 0 Å². The third-order valence-electron chi connectivity index (χ3n) is 1.64. The summed E-state index contributed by atoms with van der Waals surface area (Å²) in [7, 11) is 0. The van der Waals surface area contributed by atoms with Gasteiger partial charge in [0.15, 0.2) is 0 Å². The molecule has 0 aliphatic rings. The van der Waals surface area contributed by atoms with E-state index in [0.717, 1.165) is 5.32 Å². The van der Waals surface area contributed by atoms with Gasteiger partial charge in [-0.1, -0.05) is 0 Å². The monoisotopic (exact) mass is 272 g/mol. The van der Waals surface area contributed by atoms with Crippen molar-refractivity contribution in [2.75, 3.05) is 0 Å². The average Bonchev–Trinajstić information content (AvgIpc) is 2.18. The van der Waals surface area contributed by atoms with Gasteiger partial charge in [-0.05, 0) is 0 Å². The maximum absolute atomic E-state index is 11.7. The van der Waals surface area contributed by atoms with E-state index in [1.807, 2.05) is 6.92 Å². The third-order valence-corrected chi connectivity index (χ3v) is 3.25. The Bertz CT molecular complexity index is 374. The van der Waals surface area contributed by atoms with Gasteiger partial charge in [-0.2, -0.15) is 0 Å². The van der Waals surface area contributed by atoms with Gasteiger partial charge in [-0.25, -0.2) is 0 Å². The Hall–Kier alpha value is -1.12. The Kier molecular flexibility index (Phi) is 4.53. The van der Waals surface area contributed by atoms with Crippen LogP contribution in [0.4, 0.5) is 0 Å². The van der Waals surface area contributed by atoms with E-state index in [9.17, 15) is 9.59 Å². The molecule has 1 rings (SSSR count). The normalized spacial score (nSPS) is 9.73. The maximum atomic E-state index is 11.7. The van der Waals surface area contributed by atoms with E-state index in [2.05, 4.69) is 0 Å². The first-order chi connectivity index (χ1) is 7.15. The van der Waals surface area contributed by atoms with Gasteiger partial charge < -0.3 is 0 Å². The van der Waals surface area contributed by atoms with Crippen LogP contribution in [0, 0.1) is 0 Å². The molecule has 4 heteroatoms. The molecule has 0 aliphatic heterocycles. The summed E-state index contributed by atoms with van der Waals surface area (Å²) in [6.45, 7) is 3.29. The van der Waals surface area contributed by atoms with Crippen molar-refractivity contribution in [1.29, 1.82) is 0 Å². The SMILES string of the molecule is CC[Se]C(=O)c1ccccc1OC(C)=O. The topological polar surface area (TPSA) is 43.4 Å². The first kappa shape index (κ1) is 12.0. The molecule has 0 fully saturated rings. The number of benzene rings is 1. The Morgan fingerprint density at radius 3 is 2.60 bits per heavy atom. The van der Waals surface area contributed by atoms with Crippen LogP contribution in [0.2, 0.25) is 5.32 Å². The second-order valence-electron chi connectivity index (χ2n) is 2.81. The Balaban J connectivity index is 2.95. The van der Waals surface area contributed by atoms with Crippen LogP contribution in [0.25, 0.3) is 0 Å². The van der Waals surface area contributed by atoms with Gasteiger partial charge in [-0.3, -0.25) is 0 Å². The molecular weight excluding hydrogens is 259 g/mol. The molecule has 0 aromatic heterocycles. The van der Waals surface area contributed by atoms with Crippen molar-refractivity contribution in [2.45, 2.75) is 19.2 Å². The van der Waals surface area contributed by atoms with Gasteiger partial charge in [0.25, 0.3) is 0 Å². The van der Waals surface area contributed by atoms with E-state index in [4.69, 9.17) is 4.74 Å². The van der Waals surface area contributed by atoms with Gasteiger partial charge in [0, 0.05) is 0 Å². The summed E-state index contributed by atoms with van der Waals surface area (Å²) in [4.78, 5) is 22.5. The molecule has 0 atom stereocenters. The van der Waals surface area contributed by atoms with E-state index >= 15 is 0 Å². The van der Waals surface area contributed by atoms with Gasteiger partial charge >= 0.3 is 94.7 Å². The van der Waals surface area contributed by atoms with Crippen molar-refractivity contribution < 1.29 is 14.3 Å². The van der Waals surface area contributed by atoms with E-state index in [0.29, 0.717) is 11.3 Å². The average molecular weight is 271 g/mol. The van der Waals surface area contributed by atoms with E-state index in [1.165, 1.54) is 6.92 Å². The molecule has 0 N–H and O–H groups in total. The Morgan fingerprint density at radius 1 is 1.33 bits per heavy atom. The number of carbonyl (C=O) groups is 2. The van der Waals surface area contributed by atoms with Crippen LogP contribution < -0.4 is 4.74 Å². The standard InChI is InChI=1S/C11H12O3Se/c1-3-15-11(13)9-6-4-5-7-10(9)14-8(2)12/h4-7H,3H2,1-2H3. The second kappa shape index (κ2) is 5.69. The minimum atomic E-state index is -0.403. The molecule has 0 radical (unpaired) electrons. The molecule has 1 aromatic carbocycles. The van der Waals surface area contributed by atoms with Crippen LogP contribution in [0.1, 0.15) is 24.2 Å². The molecule has 0 spiro atoms. The Morgan fingerprint density at radius 2 is 2.00 bits per heavy atom. The predicted molar refractivity (Wildman–Crippen MR) is 58.3 cm³/mol. The summed E-state index contributed by atoms with van der Waals surface area (Å²) >= 11 is -0.0732. The van der Waals surface area contributed by atoms with Crippen LogP contribution in [-0.2, 0) is 4.79 Å². The zero-order chi connectivity index (χ0) is 11.3.